The van der Waals surface area contributed by atoms with Gasteiger partial charge in [0.25, 0.3) is 5.56 Å². The van der Waals surface area contributed by atoms with Gasteiger partial charge in [-0.1, -0.05) is 17.7 Å². The molecule has 1 aliphatic rings. The molecule has 0 spiro atoms. The summed E-state index contributed by atoms with van der Waals surface area (Å²) in [6.45, 7) is 2.57. The van der Waals surface area contributed by atoms with Crippen molar-refractivity contribution in [1.82, 2.24) is 18.7 Å². The number of nitrogens with zero attached hydrogens (tertiary/aromatic N) is 5. The fraction of sp³-hybridized carbons (Fsp3) is 0.435. The smallest absolute Gasteiger partial charge is 0.387 e. The van der Waals surface area contributed by atoms with Crippen molar-refractivity contribution < 1.29 is 13.5 Å². The molecule has 1 unspecified atom stereocenters. The first kappa shape index (κ1) is 23.7. The molecule has 3 aromatic rings. The number of hydrogen-bond acceptors (Lipinski definition) is 6. The number of aromatic nitrogens is 4. The number of alkyl halides is 2. The van der Waals surface area contributed by atoms with Gasteiger partial charge in [-0.05, 0) is 38.8 Å². The zero-order valence-electron chi connectivity index (χ0n) is 19.4. The van der Waals surface area contributed by atoms with Crippen molar-refractivity contribution in [3.05, 3.63) is 56.8 Å². The molecule has 2 aromatic heterocycles. The van der Waals surface area contributed by atoms with Gasteiger partial charge < -0.3 is 19.9 Å². The lowest BCUT2D eigenvalue weighted by Gasteiger charge is -2.31. The Balaban J connectivity index is 2.01. The van der Waals surface area contributed by atoms with Crippen molar-refractivity contribution in [1.29, 1.82) is 0 Å². The Kier molecular flexibility index (Phi) is 6.56. The number of rotatable bonds is 6. The van der Waals surface area contributed by atoms with Crippen LogP contribution in [-0.2, 0) is 13.6 Å². The quantitative estimate of drug-likeness (QED) is 0.551. The Hall–Kier alpha value is -3.47. The molecule has 2 N–H and O–H groups in total. The fourth-order valence-electron chi connectivity index (χ4n) is 4.19. The lowest BCUT2D eigenvalue weighted by molar-refractivity contribution is -0.0498. The van der Waals surface area contributed by atoms with Crippen molar-refractivity contribution in [3.8, 4) is 11.4 Å². The summed E-state index contributed by atoms with van der Waals surface area (Å²) in [5.74, 6) is 0.437. The number of ether oxygens (including phenoxy) is 1. The van der Waals surface area contributed by atoms with Gasteiger partial charge in [-0.2, -0.15) is 13.8 Å². The third-order valence-corrected chi connectivity index (χ3v) is 5.85. The van der Waals surface area contributed by atoms with E-state index in [-0.39, 0.29) is 28.6 Å². The molecule has 9 nitrogen and oxygen atoms in total. The van der Waals surface area contributed by atoms with Gasteiger partial charge in [0.15, 0.2) is 11.2 Å². The first-order chi connectivity index (χ1) is 16.2. The van der Waals surface area contributed by atoms with E-state index >= 15 is 0 Å². The highest BCUT2D eigenvalue weighted by molar-refractivity contribution is 5.76. The van der Waals surface area contributed by atoms with Crippen LogP contribution in [0.2, 0.25) is 0 Å². The van der Waals surface area contributed by atoms with E-state index in [1.54, 1.807) is 10.6 Å². The zero-order chi connectivity index (χ0) is 24.6. The van der Waals surface area contributed by atoms with Crippen LogP contribution in [-0.4, -0.2) is 44.4 Å². The average molecular weight is 475 g/mol. The molecule has 0 radical (unpaired) electrons. The minimum atomic E-state index is -3.01. The molecule has 34 heavy (non-hydrogen) atoms. The van der Waals surface area contributed by atoms with Crippen LogP contribution in [0, 0.1) is 0 Å². The Morgan fingerprint density at radius 3 is 2.76 bits per heavy atom. The van der Waals surface area contributed by atoms with Crippen molar-refractivity contribution in [3.63, 3.8) is 0 Å². The van der Waals surface area contributed by atoms with Crippen LogP contribution in [0.15, 0.2) is 45.5 Å². The maximum Gasteiger partial charge on any atom is 0.387 e. The second-order valence-electron chi connectivity index (χ2n) is 8.68. The van der Waals surface area contributed by atoms with E-state index in [9.17, 15) is 18.4 Å². The number of piperidine rings is 1. The molecule has 0 aliphatic carbocycles. The van der Waals surface area contributed by atoms with Crippen LogP contribution in [0.4, 0.5) is 14.7 Å². The average Bonchev–Trinajstić information content (AvgIpc) is 3.15. The van der Waals surface area contributed by atoms with Crippen LogP contribution in [0.1, 0.15) is 26.7 Å². The fourth-order valence-corrected chi connectivity index (χ4v) is 4.19. The molecule has 1 aromatic carbocycles. The van der Waals surface area contributed by atoms with Crippen molar-refractivity contribution in [2.75, 3.05) is 18.0 Å². The van der Waals surface area contributed by atoms with Gasteiger partial charge in [0.2, 0.25) is 5.95 Å². The van der Waals surface area contributed by atoms with E-state index < -0.39 is 17.9 Å². The van der Waals surface area contributed by atoms with Crippen LogP contribution in [0.3, 0.4) is 0 Å². The summed E-state index contributed by atoms with van der Waals surface area (Å²) >= 11 is 0. The van der Waals surface area contributed by atoms with Gasteiger partial charge in [0, 0.05) is 38.8 Å². The molecule has 1 atom stereocenters. The number of anilines is 1. The number of nitrogens with two attached hydrogens (primary N) is 1. The summed E-state index contributed by atoms with van der Waals surface area (Å²) in [6.07, 6.45) is 3.75. The van der Waals surface area contributed by atoms with E-state index in [1.807, 2.05) is 24.8 Å². The highest BCUT2D eigenvalue weighted by atomic mass is 19.3. The van der Waals surface area contributed by atoms with Crippen molar-refractivity contribution in [2.24, 2.45) is 12.8 Å². The predicted octanol–water partition coefficient (Wildman–Crippen LogP) is 2.38. The summed E-state index contributed by atoms with van der Waals surface area (Å²) in [6, 6.07) is 5.74. The monoisotopic (exact) mass is 474 g/mol. The highest BCUT2D eigenvalue weighted by Gasteiger charge is 2.26. The topological polar surface area (TPSA) is 100 Å². The molecule has 1 fully saturated rings. The molecule has 0 saturated carbocycles. The van der Waals surface area contributed by atoms with Crippen LogP contribution >= 0.6 is 0 Å². The minimum absolute atomic E-state index is 0.0290. The lowest BCUT2D eigenvalue weighted by Crippen LogP contribution is -2.44. The Labute approximate surface area is 194 Å². The first-order valence-electron chi connectivity index (χ1n) is 11.1. The van der Waals surface area contributed by atoms with E-state index in [2.05, 4.69) is 4.74 Å². The van der Waals surface area contributed by atoms with E-state index in [0.29, 0.717) is 25.6 Å². The maximum atomic E-state index is 13.3. The Morgan fingerprint density at radius 1 is 1.32 bits per heavy atom. The third kappa shape index (κ3) is 4.47. The molecule has 3 heterocycles. The summed E-state index contributed by atoms with van der Waals surface area (Å²) in [5.41, 5.74) is 6.79. The van der Waals surface area contributed by atoms with Crippen molar-refractivity contribution >= 4 is 17.1 Å². The van der Waals surface area contributed by atoms with Crippen LogP contribution in [0.25, 0.3) is 16.9 Å². The zero-order valence-corrected chi connectivity index (χ0v) is 19.4. The molecule has 1 aliphatic heterocycles. The van der Waals surface area contributed by atoms with Gasteiger partial charge in [0.05, 0.1) is 5.69 Å². The van der Waals surface area contributed by atoms with Gasteiger partial charge in [-0.3, -0.25) is 9.36 Å². The molecule has 0 amide bonds. The third-order valence-electron chi connectivity index (χ3n) is 5.85. The molecule has 0 bridgehead atoms. The van der Waals surface area contributed by atoms with Gasteiger partial charge >= 0.3 is 12.3 Å². The van der Waals surface area contributed by atoms with E-state index in [4.69, 9.17) is 10.7 Å². The van der Waals surface area contributed by atoms with E-state index in [0.717, 1.165) is 23.0 Å². The second kappa shape index (κ2) is 9.41. The number of hydrogen-bond donors (Lipinski definition) is 1. The summed E-state index contributed by atoms with van der Waals surface area (Å²) in [5, 5.41) is 0. The molecular formula is C23H28F2N6O3. The number of halogens is 2. The first-order valence-corrected chi connectivity index (χ1v) is 11.1. The molecule has 11 heteroatoms. The minimum Gasteiger partial charge on any atom is -0.435 e. The number of allylic oxidation sites excluding steroid dienone is 2. The summed E-state index contributed by atoms with van der Waals surface area (Å²) in [7, 11) is 1.38. The van der Waals surface area contributed by atoms with Crippen LogP contribution in [0.5, 0.6) is 5.75 Å². The summed E-state index contributed by atoms with van der Waals surface area (Å²) in [4.78, 5) is 33.2. The van der Waals surface area contributed by atoms with Crippen molar-refractivity contribution in [2.45, 2.75) is 45.9 Å². The molecule has 182 valence electrons. The SMILES string of the molecule is CC(C)=CCn1c(N2CCCC(N)C2)nc2c1c(=O)n(C)c(=O)n2-c1cccc(OC(F)F)c1. The van der Waals surface area contributed by atoms with E-state index in [1.165, 1.54) is 29.8 Å². The van der Waals surface area contributed by atoms with Gasteiger partial charge in [-0.25, -0.2) is 9.36 Å². The largest absolute Gasteiger partial charge is 0.435 e. The lowest BCUT2D eigenvalue weighted by atomic mass is 10.1. The molecule has 1 saturated heterocycles. The predicted molar refractivity (Wildman–Crippen MR) is 126 cm³/mol. The number of benzene rings is 1. The molecule has 4 rings (SSSR count). The summed E-state index contributed by atoms with van der Waals surface area (Å²) < 4.78 is 34.1. The Morgan fingerprint density at radius 2 is 2.09 bits per heavy atom. The standard InChI is InChI=1S/C23H28F2N6O3/c1-14(2)9-11-30-18-19(27-22(30)29-10-5-6-15(26)13-29)31(23(33)28(3)20(18)32)16-7-4-8-17(12-16)34-21(24)25/h4,7-9,12,15,21H,5-6,10-11,13,26H2,1-3H3. The van der Waals surface area contributed by atoms with Gasteiger partial charge in [0.1, 0.15) is 5.75 Å². The van der Waals surface area contributed by atoms with Crippen LogP contribution < -0.4 is 26.6 Å². The normalized spacial score (nSPS) is 16.3. The second-order valence-corrected chi connectivity index (χ2v) is 8.68. The maximum absolute atomic E-state index is 13.3. The van der Waals surface area contributed by atoms with Gasteiger partial charge in [-0.15, -0.1) is 0 Å². The molecular weight excluding hydrogens is 446 g/mol. The Bertz CT molecular complexity index is 1350. The number of fused-ring (bicyclic) bond motifs is 1. The highest BCUT2D eigenvalue weighted by Crippen LogP contribution is 2.26. The number of imidazole rings is 1.